The van der Waals surface area contributed by atoms with Gasteiger partial charge in [-0.3, -0.25) is 0 Å². The SMILES string of the molecule is CCOC(=O)/C=C/C(=O)O.[Zn]. The summed E-state index contributed by atoms with van der Waals surface area (Å²) in [5, 5.41) is 8.04. The van der Waals surface area contributed by atoms with Crippen molar-refractivity contribution in [3.05, 3.63) is 12.2 Å². The largest absolute Gasteiger partial charge is 0.478 e. The Morgan fingerprint density at radius 3 is 2.36 bits per heavy atom. The zero-order chi connectivity index (χ0) is 7.98. The molecule has 0 aliphatic heterocycles. The van der Waals surface area contributed by atoms with Gasteiger partial charge in [0.05, 0.1) is 6.61 Å². The van der Waals surface area contributed by atoms with E-state index in [1.165, 1.54) is 0 Å². The molecule has 0 fully saturated rings. The normalized spacial score (nSPS) is 8.82. The molecule has 0 saturated heterocycles. The van der Waals surface area contributed by atoms with Gasteiger partial charge in [0.15, 0.2) is 0 Å². The first-order chi connectivity index (χ1) is 4.66. The molecular formula is C6H8O4Zn. The van der Waals surface area contributed by atoms with Crippen molar-refractivity contribution in [2.75, 3.05) is 6.61 Å². The summed E-state index contributed by atoms with van der Waals surface area (Å²) in [5.74, 6) is -1.79. The molecule has 0 aliphatic rings. The second-order valence-corrected chi connectivity index (χ2v) is 1.42. The van der Waals surface area contributed by atoms with Crippen LogP contribution < -0.4 is 0 Å². The maximum Gasteiger partial charge on any atom is 0.330 e. The summed E-state index contributed by atoms with van der Waals surface area (Å²) in [6.45, 7) is 1.90. The van der Waals surface area contributed by atoms with Gasteiger partial charge in [0.2, 0.25) is 0 Å². The summed E-state index contributed by atoms with van der Waals surface area (Å²) < 4.78 is 4.40. The molecule has 5 heteroatoms. The van der Waals surface area contributed by atoms with Gasteiger partial charge in [-0.1, -0.05) is 0 Å². The van der Waals surface area contributed by atoms with Crippen LogP contribution >= 0.6 is 0 Å². The Kier molecular flexibility index (Phi) is 8.71. The van der Waals surface area contributed by atoms with Crippen molar-refractivity contribution in [2.45, 2.75) is 6.92 Å². The number of carbonyl (C=O) groups is 2. The van der Waals surface area contributed by atoms with E-state index in [0.717, 1.165) is 12.2 Å². The van der Waals surface area contributed by atoms with E-state index >= 15 is 0 Å². The Hall–Kier alpha value is -0.697. The number of carboxylic acids is 1. The Morgan fingerprint density at radius 2 is 2.00 bits per heavy atom. The molecule has 0 aromatic heterocycles. The van der Waals surface area contributed by atoms with Crippen LogP contribution in [-0.2, 0) is 33.8 Å². The van der Waals surface area contributed by atoms with Crippen LogP contribution in [0.2, 0.25) is 0 Å². The number of hydrogen-bond donors (Lipinski definition) is 1. The quantitative estimate of drug-likeness (QED) is 0.409. The molecule has 0 aliphatic carbocycles. The zero-order valence-corrected chi connectivity index (χ0v) is 9.21. The fourth-order valence-electron chi connectivity index (χ4n) is 0.330. The number of carbonyl (C=O) groups excluding carboxylic acids is 1. The summed E-state index contributed by atoms with van der Waals surface area (Å²) in [5.41, 5.74) is 0. The monoisotopic (exact) mass is 208 g/mol. The first-order valence-electron chi connectivity index (χ1n) is 2.74. The number of carboxylic acid groups (broad SMARTS) is 1. The minimum Gasteiger partial charge on any atom is -0.478 e. The minimum atomic E-state index is -1.16. The second kappa shape index (κ2) is 7.41. The molecule has 0 heterocycles. The smallest absolute Gasteiger partial charge is 0.330 e. The number of aliphatic carboxylic acids is 1. The van der Waals surface area contributed by atoms with Gasteiger partial charge in [-0.25, -0.2) is 9.59 Å². The van der Waals surface area contributed by atoms with Crippen molar-refractivity contribution >= 4 is 11.9 Å². The molecule has 11 heavy (non-hydrogen) atoms. The average Bonchev–Trinajstić information content (AvgIpc) is 1.85. The predicted molar refractivity (Wildman–Crippen MR) is 33.4 cm³/mol. The molecule has 0 unspecified atom stereocenters. The van der Waals surface area contributed by atoms with Gasteiger partial charge in [0.25, 0.3) is 0 Å². The summed E-state index contributed by atoms with van der Waals surface area (Å²) in [4.78, 5) is 20.2. The minimum absolute atomic E-state index is 0. The molecule has 0 bridgehead atoms. The van der Waals surface area contributed by atoms with E-state index in [1.54, 1.807) is 6.92 Å². The predicted octanol–water partition coefficient (Wildman–Crippen LogP) is 0.188. The number of ether oxygens (including phenoxy) is 1. The molecule has 4 nitrogen and oxygen atoms in total. The van der Waals surface area contributed by atoms with Crippen molar-refractivity contribution in [1.29, 1.82) is 0 Å². The van der Waals surface area contributed by atoms with E-state index < -0.39 is 11.9 Å². The summed E-state index contributed by atoms with van der Waals surface area (Å²) in [6.07, 6.45) is 1.60. The maximum atomic E-state index is 10.4. The van der Waals surface area contributed by atoms with E-state index in [0.29, 0.717) is 0 Å². The van der Waals surface area contributed by atoms with Crippen molar-refractivity contribution in [1.82, 2.24) is 0 Å². The van der Waals surface area contributed by atoms with E-state index in [1.807, 2.05) is 0 Å². The average molecular weight is 210 g/mol. The van der Waals surface area contributed by atoms with Crippen molar-refractivity contribution < 1.29 is 38.9 Å². The van der Waals surface area contributed by atoms with Gasteiger partial charge in [-0.15, -0.1) is 0 Å². The van der Waals surface area contributed by atoms with E-state index in [9.17, 15) is 9.59 Å². The molecule has 0 aromatic rings. The van der Waals surface area contributed by atoms with E-state index in [2.05, 4.69) is 4.74 Å². The zero-order valence-electron chi connectivity index (χ0n) is 6.24. The molecule has 0 spiro atoms. The number of hydrogen-bond acceptors (Lipinski definition) is 3. The van der Waals surface area contributed by atoms with Gasteiger partial charge >= 0.3 is 11.9 Å². The van der Waals surface area contributed by atoms with Crippen LogP contribution in [0.15, 0.2) is 12.2 Å². The van der Waals surface area contributed by atoms with Crippen molar-refractivity contribution in [3.63, 3.8) is 0 Å². The Balaban J connectivity index is 0. The summed E-state index contributed by atoms with van der Waals surface area (Å²) in [6, 6.07) is 0. The molecule has 0 atom stereocenters. The van der Waals surface area contributed by atoms with E-state index in [-0.39, 0.29) is 26.1 Å². The third kappa shape index (κ3) is 9.30. The molecule has 1 N–H and O–H groups in total. The molecule has 0 aromatic carbocycles. The van der Waals surface area contributed by atoms with Gasteiger partial charge in [0.1, 0.15) is 0 Å². The summed E-state index contributed by atoms with van der Waals surface area (Å²) in [7, 11) is 0. The van der Waals surface area contributed by atoms with Crippen LogP contribution in [0.25, 0.3) is 0 Å². The first-order valence-corrected chi connectivity index (χ1v) is 2.74. The van der Waals surface area contributed by atoms with Crippen molar-refractivity contribution in [3.8, 4) is 0 Å². The van der Waals surface area contributed by atoms with Gasteiger partial charge in [-0.05, 0) is 6.92 Å². The first kappa shape index (κ1) is 12.9. The molecular weight excluding hydrogens is 201 g/mol. The van der Waals surface area contributed by atoms with Gasteiger partial charge in [0, 0.05) is 31.6 Å². The molecule has 58 valence electrons. The fraction of sp³-hybridized carbons (Fsp3) is 0.333. The van der Waals surface area contributed by atoms with Gasteiger partial charge in [-0.2, -0.15) is 0 Å². The molecule has 0 rings (SSSR count). The standard InChI is InChI=1S/C6H8O4.Zn/c1-2-10-6(9)4-3-5(7)8;/h3-4H,2H2,1H3,(H,7,8);/b4-3+;. The third-order valence-corrected chi connectivity index (χ3v) is 0.649. The summed E-state index contributed by atoms with van der Waals surface area (Å²) >= 11 is 0. The Labute approximate surface area is 77.0 Å². The number of esters is 1. The van der Waals surface area contributed by atoms with Crippen LogP contribution in [0.5, 0.6) is 0 Å². The molecule has 0 saturated carbocycles. The fourth-order valence-corrected chi connectivity index (χ4v) is 0.330. The topological polar surface area (TPSA) is 63.6 Å². The third-order valence-electron chi connectivity index (χ3n) is 0.649. The van der Waals surface area contributed by atoms with Crippen LogP contribution in [-0.4, -0.2) is 23.7 Å². The Bertz CT molecular complexity index is 164. The molecule has 0 amide bonds. The van der Waals surface area contributed by atoms with Crippen LogP contribution in [0.4, 0.5) is 0 Å². The van der Waals surface area contributed by atoms with Crippen LogP contribution in [0.1, 0.15) is 6.92 Å². The van der Waals surface area contributed by atoms with Crippen molar-refractivity contribution in [2.24, 2.45) is 0 Å². The van der Waals surface area contributed by atoms with E-state index in [4.69, 9.17) is 5.11 Å². The Morgan fingerprint density at radius 1 is 1.45 bits per heavy atom. The van der Waals surface area contributed by atoms with Crippen LogP contribution in [0.3, 0.4) is 0 Å². The second-order valence-electron chi connectivity index (χ2n) is 1.42. The maximum absolute atomic E-state index is 10.4. The molecule has 0 radical (unpaired) electrons. The van der Waals surface area contributed by atoms with Crippen LogP contribution in [0, 0.1) is 0 Å². The number of rotatable bonds is 3. The van der Waals surface area contributed by atoms with Gasteiger partial charge < -0.3 is 9.84 Å².